The quantitative estimate of drug-likeness (QED) is 0.333. The number of carbonyl (C=O) groups excluding carboxylic acids is 1. The van der Waals surface area contributed by atoms with Gasteiger partial charge >= 0.3 is 5.97 Å². The van der Waals surface area contributed by atoms with Gasteiger partial charge in [0.25, 0.3) is 5.56 Å². The van der Waals surface area contributed by atoms with Gasteiger partial charge in [-0.2, -0.15) is 0 Å². The number of benzene rings is 3. The summed E-state index contributed by atoms with van der Waals surface area (Å²) in [6.45, 7) is 6.21. The largest absolute Gasteiger partial charge is 0.496 e. The Hall–Kier alpha value is -4.17. The van der Waals surface area contributed by atoms with Gasteiger partial charge < -0.3 is 14.2 Å². The predicted molar refractivity (Wildman–Crippen MR) is 149 cm³/mol. The number of thiazole rings is 1. The Morgan fingerprint density at radius 1 is 1.05 bits per heavy atom. The van der Waals surface area contributed by atoms with Gasteiger partial charge in [-0.15, -0.1) is 0 Å². The number of hydrogen-bond acceptors (Lipinski definition) is 7. The van der Waals surface area contributed by atoms with Crippen molar-refractivity contribution in [2.24, 2.45) is 4.99 Å². The van der Waals surface area contributed by atoms with E-state index in [9.17, 15) is 9.59 Å². The lowest BCUT2D eigenvalue weighted by Gasteiger charge is -2.24. The molecule has 0 N–H and O–H groups in total. The van der Waals surface area contributed by atoms with Gasteiger partial charge in [-0.05, 0) is 61.4 Å². The molecule has 5 rings (SSSR count). The van der Waals surface area contributed by atoms with E-state index in [1.54, 1.807) is 25.5 Å². The van der Waals surface area contributed by atoms with Crippen molar-refractivity contribution in [1.29, 1.82) is 0 Å². The summed E-state index contributed by atoms with van der Waals surface area (Å²) in [4.78, 5) is 32.3. The van der Waals surface area contributed by atoms with E-state index in [2.05, 4.69) is 4.99 Å². The maximum Gasteiger partial charge on any atom is 0.338 e. The summed E-state index contributed by atoms with van der Waals surface area (Å²) >= 11 is 1.29. The minimum Gasteiger partial charge on any atom is -0.496 e. The Morgan fingerprint density at radius 3 is 2.53 bits per heavy atom. The molecule has 7 nitrogen and oxygen atoms in total. The first-order valence-corrected chi connectivity index (χ1v) is 13.3. The van der Waals surface area contributed by atoms with Gasteiger partial charge in [-0.1, -0.05) is 53.8 Å². The number of methoxy groups -OCH3 is 1. The molecule has 4 aromatic rings. The Bertz CT molecular complexity index is 1730. The molecule has 0 amide bonds. The number of esters is 1. The highest BCUT2D eigenvalue weighted by atomic mass is 32.1. The van der Waals surface area contributed by atoms with Crippen LogP contribution in [0.1, 0.15) is 37.9 Å². The average molecular weight is 529 g/mol. The van der Waals surface area contributed by atoms with Gasteiger partial charge in [-0.3, -0.25) is 9.36 Å². The Balaban J connectivity index is 1.75. The second-order valence-electron chi connectivity index (χ2n) is 8.71. The molecule has 194 valence electrons. The molecular weight excluding hydrogens is 500 g/mol. The van der Waals surface area contributed by atoms with Gasteiger partial charge in [-0.25, -0.2) is 9.79 Å². The van der Waals surface area contributed by atoms with E-state index in [0.29, 0.717) is 38.7 Å². The van der Waals surface area contributed by atoms with E-state index >= 15 is 0 Å². The molecule has 3 aromatic carbocycles. The molecule has 0 spiro atoms. The van der Waals surface area contributed by atoms with Crippen LogP contribution in [0.5, 0.6) is 11.5 Å². The van der Waals surface area contributed by atoms with Crippen LogP contribution in [0.15, 0.2) is 81.7 Å². The van der Waals surface area contributed by atoms with E-state index < -0.39 is 12.0 Å². The van der Waals surface area contributed by atoms with Gasteiger partial charge in [0.05, 0.1) is 42.2 Å². The highest BCUT2D eigenvalue weighted by molar-refractivity contribution is 7.07. The zero-order valence-corrected chi connectivity index (χ0v) is 22.5. The molecule has 0 fully saturated rings. The van der Waals surface area contributed by atoms with Crippen molar-refractivity contribution in [1.82, 2.24) is 4.57 Å². The molecule has 1 aromatic heterocycles. The number of nitrogens with zero attached hydrogens (tertiary/aromatic N) is 2. The molecule has 1 unspecified atom stereocenters. The Kier molecular flexibility index (Phi) is 7.15. The van der Waals surface area contributed by atoms with E-state index in [1.807, 2.05) is 73.7 Å². The highest BCUT2D eigenvalue weighted by Gasteiger charge is 2.33. The molecule has 1 atom stereocenters. The first-order chi connectivity index (χ1) is 18.5. The van der Waals surface area contributed by atoms with Crippen molar-refractivity contribution < 1.29 is 19.0 Å². The molecule has 38 heavy (non-hydrogen) atoms. The third kappa shape index (κ3) is 4.52. The second kappa shape index (κ2) is 10.7. The van der Waals surface area contributed by atoms with Crippen LogP contribution in [0.2, 0.25) is 0 Å². The standard InChI is InChI=1S/C30H28N2O5S/c1-5-36-21-14-11-20(12-15-21)27-26(29(34)37-6-2)18(3)31-30-32(27)28(33)25(38-30)17-23-22-10-8-7-9-19(22)13-16-24(23)35-4/h7-17,27H,5-6H2,1-4H3. The van der Waals surface area contributed by atoms with E-state index in [0.717, 1.165) is 21.9 Å². The fourth-order valence-electron chi connectivity index (χ4n) is 4.75. The van der Waals surface area contributed by atoms with Gasteiger partial charge in [0.1, 0.15) is 11.5 Å². The van der Waals surface area contributed by atoms with Crippen molar-refractivity contribution in [2.45, 2.75) is 26.8 Å². The van der Waals surface area contributed by atoms with Gasteiger partial charge in [0.15, 0.2) is 4.80 Å². The zero-order chi connectivity index (χ0) is 26.8. The van der Waals surface area contributed by atoms with Crippen LogP contribution in [-0.4, -0.2) is 30.9 Å². The number of allylic oxidation sites excluding steroid dienone is 1. The summed E-state index contributed by atoms with van der Waals surface area (Å²) in [6, 6.07) is 18.6. The molecular formula is C30H28N2O5S. The van der Waals surface area contributed by atoms with Crippen LogP contribution < -0.4 is 24.4 Å². The van der Waals surface area contributed by atoms with E-state index in [-0.39, 0.29) is 12.2 Å². The summed E-state index contributed by atoms with van der Waals surface area (Å²) in [7, 11) is 1.62. The molecule has 0 bridgehead atoms. The molecule has 0 radical (unpaired) electrons. The predicted octanol–water partition coefficient (Wildman–Crippen LogP) is 4.36. The summed E-state index contributed by atoms with van der Waals surface area (Å²) < 4.78 is 18.7. The van der Waals surface area contributed by atoms with Crippen LogP contribution in [-0.2, 0) is 9.53 Å². The Labute approximate surface area is 223 Å². The normalized spacial score (nSPS) is 15.3. The molecule has 8 heteroatoms. The lowest BCUT2D eigenvalue weighted by Crippen LogP contribution is -2.39. The van der Waals surface area contributed by atoms with Crippen LogP contribution in [0, 0.1) is 0 Å². The number of rotatable bonds is 7. The molecule has 0 saturated heterocycles. The lowest BCUT2D eigenvalue weighted by atomic mass is 9.96. The fourth-order valence-corrected chi connectivity index (χ4v) is 5.78. The molecule has 0 saturated carbocycles. The molecule has 1 aliphatic rings. The third-order valence-corrected chi connectivity index (χ3v) is 7.43. The number of carbonyl (C=O) groups is 1. The van der Waals surface area contributed by atoms with Crippen LogP contribution in [0.25, 0.3) is 16.8 Å². The van der Waals surface area contributed by atoms with Crippen molar-refractivity contribution in [3.63, 3.8) is 0 Å². The lowest BCUT2D eigenvalue weighted by molar-refractivity contribution is -0.139. The maximum absolute atomic E-state index is 14.0. The number of fused-ring (bicyclic) bond motifs is 2. The van der Waals surface area contributed by atoms with Crippen molar-refractivity contribution in [3.8, 4) is 11.5 Å². The van der Waals surface area contributed by atoms with Crippen molar-refractivity contribution in [2.75, 3.05) is 20.3 Å². The number of aromatic nitrogens is 1. The third-order valence-electron chi connectivity index (χ3n) is 6.45. The van der Waals surface area contributed by atoms with E-state index in [4.69, 9.17) is 14.2 Å². The summed E-state index contributed by atoms with van der Waals surface area (Å²) in [6.07, 6.45) is 1.85. The van der Waals surface area contributed by atoms with Gasteiger partial charge in [0, 0.05) is 5.56 Å². The first kappa shape index (κ1) is 25.5. The fraction of sp³-hybridized carbons (Fsp3) is 0.233. The minimum atomic E-state index is -0.683. The van der Waals surface area contributed by atoms with Crippen molar-refractivity contribution >= 4 is 34.2 Å². The smallest absolute Gasteiger partial charge is 0.338 e. The molecule has 1 aliphatic heterocycles. The topological polar surface area (TPSA) is 79.1 Å². The molecule has 0 aliphatic carbocycles. The first-order valence-electron chi connectivity index (χ1n) is 12.4. The average Bonchev–Trinajstić information content (AvgIpc) is 3.23. The maximum atomic E-state index is 14.0. The second-order valence-corrected chi connectivity index (χ2v) is 9.72. The van der Waals surface area contributed by atoms with Crippen LogP contribution in [0.3, 0.4) is 0 Å². The number of hydrogen-bond donors (Lipinski definition) is 0. The van der Waals surface area contributed by atoms with Crippen LogP contribution >= 0.6 is 11.3 Å². The number of ether oxygens (including phenoxy) is 3. The molecule has 2 heterocycles. The Morgan fingerprint density at radius 2 is 1.82 bits per heavy atom. The highest BCUT2D eigenvalue weighted by Crippen LogP contribution is 2.32. The van der Waals surface area contributed by atoms with Crippen LogP contribution in [0.4, 0.5) is 0 Å². The summed E-state index contributed by atoms with van der Waals surface area (Å²) in [5.41, 5.74) is 2.21. The van der Waals surface area contributed by atoms with E-state index in [1.165, 1.54) is 11.3 Å². The monoisotopic (exact) mass is 528 g/mol. The zero-order valence-electron chi connectivity index (χ0n) is 21.7. The van der Waals surface area contributed by atoms with Gasteiger partial charge in [0.2, 0.25) is 0 Å². The van der Waals surface area contributed by atoms with Crippen molar-refractivity contribution in [3.05, 3.63) is 103 Å². The summed E-state index contributed by atoms with van der Waals surface area (Å²) in [5, 5.41) is 2.02. The SMILES string of the molecule is CCOC(=O)C1=C(C)N=c2sc(=Cc3c(OC)ccc4ccccc34)c(=O)n2C1c1ccc(OCC)cc1. The summed E-state index contributed by atoms with van der Waals surface area (Å²) in [5.74, 6) is 0.892. The minimum absolute atomic E-state index is 0.219.